The van der Waals surface area contributed by atoms with Crippen LogP contribution in [0.25, 0.3) is 0 Å². The van der Waals surface area contributed by atoms with Crippen LogP contribution in [0.3, 0.4) is 0 Å². The third-order valence-electron chi connectivity index (χ3n) is 3.03. The molecule has 0 bridgehead atoms. The molecule has 0 radical (unpaired) electrons. The second-order valence-electron chi connectivity index (χ2n) is 4.24. The molecule has 0 aliphatic carbocycles. The maximum atomic E-state index is 11.8. The third-order valence-corrected chi connectivity index (χ3v) is 3.62. The number of benzene rings is 1. The molecule has 0 N–H and O–H groups in total. The Morgan fingerprint density at radius 3 is 3.11 bits per heavy atom. The predicted octanol–water partition coefficient (Wildman–Crippen LogP) is 2.02. The van der Waals surface area contributed by atoms with Crippen molar-refractivity contribution >= 4 is 22.6 Å². The standard InChI is InChI=1S/C13H11IN2O2/c14-10-5-13(17)16(15-6-10)7-9-8-18-12-4-2-1-3-11(9)12/h1-6,9H,7-8H2. The first kappa shape index (κ1) is 11.7. The highest BCUT2D eigenvalue weighted by Gasteiger charge is 2.24. The van der Waals surface area contributed by atoms with Crippen molar-refractivity contribution < 1.29 is 4.74 Å². The zero-order chi connectivity index (χ0) is 12.5. The van der Waals surface area contributed by atoms with Gasteiger partial charge in [-0.3, -0.25) is 4.79 Å². The van der Waals surface area contributed by atoms with Crippen molar-refractivity contribution in [1.82, 2.24) is 9.78 Å². The van der Waals surface area contributed by atoms with Crippen LogP contribution in [-0.2, 0) is 6.54 Å². The molecule has 1 atom stereocenters. The molecular formula is C13H11IN2O2. The second kappa shape index (κ2) is 4.72. The van der Waals surface area contributed by atoms with Crippen molar-refractivity contribution in [2.75, 3.05) is 6.61 Å². The van der Waals surface area contributed by atoms with Crippen LogP contribution >= 0.6 is 22.6 Å². The predicted molar refractivity (Wildman–Crippen MR) is 75.9 cm³/mol. The van der Waals surface area contributed by atoms with Crippen LogP contribution < -0.4 is 10.3 Å². The van der Waals surface area contributed by atoms with Gasteiger partial charge in [-0.15, -0.1) is 0 Å². The summed E-state index contributed by atoms with van der Waals surface area (Å²) in [6.45, 7) is 1.17. The molecule has 1 aromatic heterocycles. The molecule has 92 valence electrons. The summed E-state index contributed by atoms with van der Waals surface area (Å²) in [4.78, 5) is 11.8. The number of para-hydroxylation sites is 1. The number of ether oxygens (including phenoxy) is 1. The minimum atomic E-state index is -0.0636. The van der Waals surface area contributed by atoms with Crippen molar-refractivity contribution in [1.29, 1.82) is 0 Å². The Bertz CT molecular complexity index is 639. The van der Waals surface area contributed by atoms with E-state index in [0.717, 1.165) is 14.9 Å². The Kier molecular flexibility index (Phi) is 3.07. The molecule has 0 saturated heterocycles. The van der Waals surface area contributed by atoms with Gasteiger partial charge in [-0.1, -0.05) is 18.2 Å². The SMILES string of the molecule is O=c1cc(I)cnn1CC1COc2ccccc21. The Hall–Kier alpha value is -1.37. The van der Waals surface area contributed by atoms with Crippen molar-refractivity contribution in [3.05, 3.63) is 56.0 Å². The Morgan fingerprint density at radius 1 is 1.44 bits per heavy atom. The Morgan fingerprint density at radius 2 is 2.28 bits per heavy atom. The highest BCUT2D eigenvalue weighted by atomic mass is 127. The van der Waals surface area contributed by atoms with Crippen molar-refractivity contribution in [3.8, 4) is 5.75 Å². The van der Waals surface area contributed by atoms with Gasteiger partial charge in [0.2, 0.25) is 0 Å². The normalized spacial score (nSPS) is 17.3. The molecule has 0 saturated carbocycles. The van der Waals surface area contributed by atoms with Crippen LogP contribution in [0.2, 0.25) is 0 Å². The average molecular weight is 354 g/mol. The number of nitrogens with zero attached hydrogens (tertiary/aromatic N) is 2. The van der Waals surface area contributed by atoms with Gasteiger partial charge in [-0.25, -0.2) is 4.68 Å². The Labute approximate surface area is 118 Å². The van der Waals surface area contributed by atoms with Crippen LogP contribution in [0.1, 0.15) is 11.5 Å². The molecule has 18 heavy (non-hydrogen) atoms. The molecule has 3 rings (SSSR count). The highest BCUT2D eigenvalue weighted by molar-refractivity contribution is 14.1. The van der Waals surface area contributed by atoms with Gasteiger partial charge in [0.1, 0.15) is 5.75 Å². The van der Waals surface area contributed by atoms with Gasteiger partial charge in [0.25, 0.3) is 5.56 Å². The van der Waals surface area contributed by atoms with Gasteiger partial charge in [-0.2, -0.15) is 5.10 Å². The molecule has 1 unspecified atom stereocenters. The minimum absolute atomic E-state index is 0.0636. The molecule has 0 amide bonds. The summed E-state index contributed by atoms with van der Waals surface area (Å²) in [5, 5.41) is 4.16. The second-order valence-corrected chi connectivity index (χ2v) is 5.49. The van der Waals surface area contributed by atoms with E-state index in [1.54, 1.807) is 12.3 Å². The van der Waals surface area contributed by atoms with E-state index < -0.39 is 0 Å². The lowest BCUT2D eigenvalue weighted by Gasteiger charge is -2.09. The summed E-state index contributed by atoms with van der Waals surface area (Å²) in [6.07, 6.45) is 1.70. The number of fused-ring (bicyclic) bond motifs is 1. The van der Waals surface area contributed by atoms with E-state index in [1.165, 1.54) is 4.68 Å². The molecule has 1 aliphatic heterocycles. The monoisotopic (exact) mass is 354 g/mol. The van der Waals surface area contributed by atoms with Crippen LogP contribution in [0.15, 0.2) is 41.3 Å². The lowest BCUT2D eigenvalue weighted by Crippen LogP contribution is -2.25. The summed E-state index contributed by atoms with van der Waals surface area (Å²) in [6, 6.07) is 9.54. The zero-order valence-electron chi connectivity index (χ0n) is 9.54. The smallest absolute Gasteiger partial charge is 0.267 e. The molecule has 4 nitrogen and oxygen atoms in total. The summed E-state index contributed by atoms with van der Waals surface area (Å²) in [5.41, 5.74) is 1.09. The average Bonchev–Trinajstić information content (AvgIpc) is 2.76. The number of hydrogen-bond acceptors (Lipinski definition) is 3. The molecule has 5 heteroatoms. The number of hydrogen-bond donors (Lipinski definition) is 0. The minimum Gasteiger partial charge on any atom is -0.493 e. The van der Waals surface area contributed by atoms with E-state index in [0.29, 0.717) is 13.2 Å². The van der Waals surface area contributed by atoms with E-state index in [9.17, 15) is 4.79 Å². The lowest BCUT2D eigenvalue weighted by atomic mass is 10.0. The molecule has 2 heterocycles. The van der Waals surface area contributed by atoms with E-state index in [2.05, 4.69) is 27.7 Å². The van der Waals surface area contributed by atoms with E-state index in [4.69, 9.17) is 4.74 Å². The van der Waals surface area contributed by atoms with Gasteiger partial charge in [-0.05, 0) is 28.7 Å². The third kappa shape index (κ3) is 2.14. The van der Waals surface area contributed by atoms with E-state index in [-0.39, 0.29) is 11.5 Å². The van der Waals surface area contributed by atoms with Gasteiger partial charge in [0, 0.05) is 21.1 Å². The van der Waals surface area contributed by atoms with Gasteiger partial charge < -0.3 is 4.74 Å². The summed E-state index contributed by atoms with van der Waals surface area (Å²) in [7, 11) is 0. The van der Waals surface area contributed by atoms with Gasteiger partial charge in [0.15, 0.2) is 0 Å². The van der Waals surface area contributed by atoms with Crippen LogP contribution in [-0.4, -0.2) is 16.4 Å². The van der Waals surface area contributed by atoms with Crippen LogP contribution in [0, 0.1) is 3.57 Å². The fraction of sp³-hybridized carbons (Fsp3) is 0.231. The number of halogens is 1. The highest BCUT2D eigenvalue weighted by Crippen LogP contribution is 2.33. The largest absolute Gasteiger partial charge is 0.493 e. The lowest BCUT2D eigenvalue weighted by molar-refractivity contribution is 0.312. The van der Waals surface area contributed by atoms with Crippen molar-refractivity contribution in [2.24, 2.45) is 0 Å². The van der Waals surface area contributed by atoms with Crippen molar-refractivity contribution in [2.45, 2.75) is 12.5 Å². The molecule has 0 spiro atoms. The summed E-state index contributed by atoms with van der Waals surface area (Å²) in [5.74, 6) is 1.12. The first-order chi connectivity index (χ1) is 8.74. The van der Waals surface area contributed by atoms with Crippen LogP contribution in [0.5, 0.6) is 5.75 Å². The fourth-order valence-electron chi connectivity index (χ4n) is 2.14. The first-order valence-electron chi connectivity index (χ1n) is 5.68. The first-order valence-corrected chi connectivity index (χ1v) is 6.76. The quantitative estimate of drug-likeness (QED) is 0.776. The van der Waals surface area contributed by atoms with E-state index in [1.807, 2.05) is 24.3 Å². The molecule has 2 aromatic rings. The summed E-state index contributed by atoms with van der Waals surface area (Å²) >= 11 is 2.09. The summed E-state index contributed by atoms with van der Waals surface area (Å²) < 4.78 is 7.96. The topological polar surface area (TPSA) is 44.1 Å². The van der Waals surface area contributed by atoms with E-state index >= 15 is 0 Å². The molecular weight excluding hydrogens is 343 g/mol. The fourth-order valence-corrected chi connectivity index (χ4v) is 2.53. The molecule has 1 aliphatic rings. The maximum Gasteiger partial charge on any atom is 0.267 e. The number of rotatable bonds is 2. The van der Waals surface area contributed by atoms with Gasteiger partial charge >= 0.3 is 0 Å². The number of aromatic nitrogens is 2. The van der Waals surface area contributed by atoms with Crippen LogP contribution in [0.4, 0.5) is 0 Å². The zero-order valence-corrected chi connectivity index (χ0v) is 11.7. The van der Waals surface area contributed by atoms with Crippen molar-refractivity contribution in [3.63, 3.8) is 0 Å². The van der Waals surface area contributed by atoms with Gasteiger partial charge in [0.05, 0.1) is 19.3 Å². The Balaban J connectivity index is 1.89. The maximum absolute atomic E-state index is 11.8. The molecule has 1 aromatic carbocycles. The molecule has 0 fully saturated rings.